The first-order valence-corrected chi connectivity index (χ1v) is 30.2. The third-order valence-corrected chi connectivity index (χ3v) is 27.3. The zero-order valence-electron chi connectivity index (χ0n) is 41.6. The molecule has 0 saturated heterocycles. The molecule has 5 aliphatic heterocycles. The van der Waals surface area contributed by atoms with E-state index in [2.05, 4.69) is 273 Å². The molecule has 0 aliphatic carbocycles. The van der Waals surface area contributed by atoms with Gasteiger partial charge < -0.3 is 9.80 Å². The van der Waals surface area contributed by atoms with Gasteiger partial charge in [-0.25, -0.2) is 0 Å². The number of hydrogen-bond donors (Lipinski definition) is 0. The van der Waals surface area contributed by atoms with E-state index in [0.717, 1.165) is 0 Å². The Balaban J connectivity index is 0.981. The lowest BCUT2D eigenvalue weighted by atomic mass is 9.33. The molecule has 0 N–H and O–H groups in total. The summed E-state index contributed by atoms with van der Waals surface area (Å²) in [6.07, 6.45) is 0. The van der Waals surface area contributed by atoms with Gasteiger partial charge in [0.1, 0.15) is 0 Å². The summed E-state index contributed by atoms with van der Waals surface area (Å²) in [5.41, 5.74) is 23.5. The molecule has 1 unspecified atom stereocenters. The van der Waals surface area contributed by atoms with Crippen LogP contribution >= 0.6 is 0 Å². The molecule has 74 heavy (non-hydrogen) atoms. The second-order valence-electron chi connectivity index (χ2n) is 21.3. The number of rotatable bonds is 5. The Hall–Kier alpha value is -8.48. The number of nitrogens with zero attached hydrogens (tertiary/aromatic N) is 2. The van der Waals surface area contributed by atoms with Crippen LogP contribution in [-0.4, -0.2) is 22.9 Å². The summed E-state index contributed by atoms with van der Waals surface area (Å²) in [5.74, 6) is 0. The zero-order valence-corrected chi connectivity index (χ0v) is 43.6. The van der Waals surface area contributed by atoms with Crippen molar-refractivity contribution < 1.29 is 0 Å². The Morgan fingerprint density at radius 2 is 0.757 bits per heavy atom. The molecule has 0 radical (unpaired) electrons. The van der Waals surface area contributed by atoms with Crippen LogP contribution in [0.25, 0.3) is 33.4 Å². The first kappa shape index (κ1) is 42.1. The van der Waals surface area contributed by atoms with Gasteiger partial charge in [-0.2, -0.15) is 0 Å². The molecule has 0 spiro atoms. The smallest absolute Gasteiger partial charge is 0.252 e. The van der Waals surface area contributed by atoms with Gasteiger partial charge in [-0.1, -0.05) is 200 Å². The molecule has 5 heterocycles. The summed E-state index contributed by atoms with van der Waals surface area (Å²) >= 11 is 0. The second kappa shape index (κ2) is 15.3. The molecule has 11 aromatic carbocycles. The van der Waals surface area contributed by atoms with Gasteiger partial charge in [-0.05, 0) is 166 Å². The van der Waals surface area contributed by atoms with Crippen LogP contribution in [0.2, 0.25) is 0 Å². The van der Waals surface area contributed by atoms with Crippen molar-refractivity contribution in [2.24, 2.45) is 0 Å². The maximum absolute atomic E-state index is 2.78. The van der Waals surface area contributed by atoms with Gasteiger partial charge in [0.2, 0.25) is 0 Å². The average Bonchev–Trinajstić information content (AvgIpc) is 4.04. The molecule has 5 aliphatic rings. The predicted octanol–water partition coefficient (Wildman–Crippen LogP) is 9.39. The lowest BCUT2D eigenvalue weighted by molar-refractivity contribution is 1.23. The monoisotopic (exact) mass is 972 g/mol. The molecule has 11 aromatic rings. The number of aryl methyl sites for hydroxylation is 3. The summed E-state index contributed by atoms with van der Waals surface area (Å²) in [6, 6.07) is 94.2. The zero-order chi connectivity index (χ0) is 49.0. The van der Waals surface area contributed by atoms with E-state index < -0.39 is 16.1 Å². The number of hydrogen-bond acceptors (Lipinski definition) is 2. The lowest BCUT2D eigenvalue weighted by Gasteiger charge is -2.45. The van der Waals surface area contributed by atoms with Crippen LogP contribution in [0.5, 0.6) is 0 Å². The first-order chi connectivity index (χ1) is 36.5. The van der Waals surface area contributed by atoms with Crippen molar-refractivity contribution in [2.45, 2.75) is 20.8 Å². The van der Waals surface area contributed by atoms with Gasteiger partial charge in [0.15, 0.2) is 16.1 Å². The number of fused-ring (bicyclic) bond motifs is 13. The summed E-state index contributed by atoms with van der Waals surface area (Å²) in [7, 11) is -5.49. The fourth-order valence-electron chi connectivity index (χ4n) is 14.8. The van der Waals surface area contributed by atoms with E-state index in [4.69, 9.17) is 0 Å². The third-order valence-electron chi connectivity index (χ3n) is 17.5. The van der Waals surface area contributed by atoms with E-state index in [1.165, 1.54) is 142 Å². The van der Waals surface area contributed by atoms with Crippen molar-refractivity contribution >= 4 is 115 Å². The Kier molecular flexibility index (Phi) is 8.69. The third kappa shape index (κ3) is 5.30. The van der Waals surface area contributed by atoms with E-state index in [1.807, 2.05) is 0 Å². The highest BCUT2D eigenvalue weighted by Gasteiger charge is 2.56. The average molecular weight is 973 g/mol. The molecular weight excluding hydrogens is 924 g/mol. The van der Waals surface area contributed by atoms with Crippen molar-refractivity contribution in [2.75, 3.05) is 9.80 Å². The van der Waals surface area contributed by atoms with E-state index in [-0.39, 0.29) is 6.71 Å². The Labute approximate surface area is 435 Å². The molecule has 0 fully saturated rings. The topological polar surface area (TPSA) is 6.48 Å². The molecule has 2 nitrogen and oxygen atoms in total. The molecule has 0 saturated carbocycles. The lowest BCUT2D eigenvalue weighted by Crippen LogP contribution is -2.72. The maximum Gasteiger partial charge on any atom is 0.252 e. The van der Waals surface area contributed by atoms with Gasteiger partial charge in [-0.15, -0.1) is 0 Å². The summed E-state index contributed by atoms with van der Waals surface area (Å²) in [5, 5.41) is 11.7. The SMILES string of the molecule is Cc1ccc2c(c1)N(c1ccc3c(c1)[Si](c1ccccc1)(c1ccccc1)c1ccccc1-3)c1cc(C)cc3c1B2c1ccc(C)cc1N3c1ccc2c3c1-c1ccccc1[Si]3(c1ccccc1)c1ccccc1-2. The number of benzene rings is 11. The Bertz CT molecular complexity index is 4170. The number of anilines is 6. The van der Waals surface area contributed by atoms with Crippen LogP contribution in [0.1, 0.15) is 16.7 Å². The van der Waals surface area contributed by atoms with Crippen molar-refractivity contribution in [1.29, 1.82) is 0 Å². The Morgan fingerprint density at radius 3 is 1.36 bits per heavy atom. The summed E-state index contributed by atoms with van der Waals surface area (Å²) in [6.45, 7) is 6.85. The first-order valence-electron chi connectivity index (χ1n) is 26.2. The minimum Gasteiger partial charge on any atom is -0.311 e. The van der Waals surface area contributed by atoms with Crippen molar-refractivity contribution in [3.05, 3.63) is 259 Å². The quantitative estimate of drug-likeness (QED) is 0.159. The molecule has 16 rings (SSSR count). The fraction of sp³-hybridized carbons (Fsp3) is 0.0435. The van der Waals surface area contributed by atoms with Crippen LogP contribution in [0.15, 0.2) is 243 Å². The molecule has 1 atom stereocenters. The molecular formula is C69H49BN2Si2. The van der Waals surface area contributed by atoms with Gasteiger partial charge >= 0.3 is 0 Å². The van der Waals surface area contributed by atoms with Crippen LogP contribution in [0.3, 0.4) is 0 Å². The summed E-state index contributed by atoms with van der Waals surface area (Å²) < 4.78 is 0. The van der Waals surface area contributed by atoms with Crippen molar-refractivity contribution in [1.82, 2.24) is 0 Å². The van der Waals surface area contributed by atoms with Gasteiger partial charge in [0.25, 0.3) is 6.71 Å². The van der Waals surface area contributed by atoms with Crippen LogP contribution in [-0.2, 0) is 0 Å². The fourth-order valence-corrected chi connectivity index (χ4v) is 25.6. The van der Waals surface area contributed by atoms with Crippen LogP contribution < -0.4 is 67.7 Å². The Morgan fingerprint density at radius 1 is 0.311 bits per heavy atom. The maximum atomic E-state index is 2.69. The van der Waals surface area contributed by atoms with E-state index in [0.29, 0.717) is 0 Å². The minimum atomic E-state index is -2.78. The minimum absolute atomic E-state index is 0.0254. The van der Waals surface area contributed by atoms with Gasteiger partial charge in [-0.3, -0.25) is 0 Å². The van der Waals surface area contributed by atoms with E-state index >= 15 is 0 Å². The second-order valence-corrected chi connectivity index (χ2v) is 28.7. The predicted molar refractivity (Wildman–Crippen MR) is 319 cm³/mol. The van der Waals surface area contributed by atoms with E-state index in [1.54, 1.807) is 0 Å². The highest BCUT2D eigenvalue weighted by Crippen LogP contribution is 2.50. The molecule has 0 aromatic heterocycles. The van der Waals surface area contributed by atoms with Crippen LogP contribution in [0, 0.1) is 20.8 Å². The largest absolute Gasteiger partial charge is 0.311 e. The van der Waals surface area contributed by atoms with Gasteiger partial charge in [0.05, 0.1) is 5.69 Å². The van der Waals surface area contributed by atoms with Crippen molar-refractivity contribution in [3.8, 4) is 33.4 Å². The summed E-state index contributed by atoms with van der Waals surface area (Å²) in [4.78, 5) is 5.33. The molecule has 0 bridgehead atoms. The highest BCUT2D eigenvalue weighted by atomic mass is 28.3. The van der Waals surface area contributed by atoms with Gasteiger partial charge in [0, 0.05) is 34.0 Å². The van der Waals surface area contributed by atoms with E-state index in [9.17, 15) is 0 Å². The normalized spacial score (nSPS) is 16.1. The molecule has 5 heteroatoms. The van der Waals surface area contributed by atoms with Crippen molar-refractivity contribution in [3.63, 3.8) is 0 Å². The standard InChI is InChI=1S/C69H49BN2Si2/c1-44-31-36-56-59(39-44)71(47-33-34-53-51-25-13-16-28-63(51)73(66(53)43-47,48-19-7-4-8-20-48)49-21-9-5-10-22-49)61-41-46(3)42-62-68(61)70(56)57-37-32-45(2)40-60(57)72(62)58-38-35-54-52-26-14-17-29-64(52)74(50-23-11-6-12-24-50)65-30-18-15-27-55(65)67(58)69(54)74/h4-43H,1-3H3. The molecule has 346 valence electrons. The molecule has 0 amide bonds. The van der Waals surface area contributed by atoms with Crippen LogP contribution in [0.4, 0.5) is 34.1 Å². The highest BCUT2D eigenvalue weighted by molar-refractivity contribution is 7.24.